The number of amides is 1. The molecule has 0 radical (unpaired) electrons. The molecular formula is C12H10INO2. The summed E-state index contributed by atoms with van der Waals surface area (Å²) >= 11 is 2.18. The zero-order chi connectivity index (χ0) is 11.4. The fraction of sp³-hybridized carbons (Fsp3) is 0.0833. The molecule has 0 saturated heterocycles. The number of benzene rings is 1. The van der Waals surface area contributed by atoms with Crippen molar-refractivity contribution in [2.24, 2.45) is 0 Å². The van der Waals surface area contributed by atoms with Gasteiger partial charge in [-0.15, -0.1) is 0 Å². The molecule has 1 heterocycles. The minimum absolute atomic E-state index is 0.0880. The largest absolute Gasteiger partial charge is 0.467 e. The van der Waals surface area contributed by atoms with Crippen LogP contribution in [-0.4, -0.2) is 5.91 Å². The fourth-order valence-corrected chi connectivity index (χ4v) is 1.86. The van der Waals surface area contributed by atoms with E-state index in [4.69, 9.17) is 4.42 Å². The molecule has 0 aliphatic carbocycles. The van der Waals surface area contributed by atoms with Crippen LogP contribution in [0.25, 0.3) is 0 Å². The Labute approximate surface area is 107 Å². The molecule has 4 heteroatoms. The van der Waals surface area contributed by atoms with Crippen molar-refractivity contribution in [2.75, 3.05) is 0 Å². The Balaban J connectivity index is 1.98. The predicted molar refractivity (Wildman–Crippen MR) is 69.0 cm³/mol. The summed E-state index contributed by atoms with van der Waals surface area (Å²) in [5, 5.41) is 2.79. The van der Waals surface area contributed by atoms with E-state index in [0.717, 1.165) is 9.33 Å². The van der Waals surface area contributed by atoms with Gasteiger partial charge < -0.3 is 9.73 Å². The molecule has 1 aromatic heterocycles. The van der Waals surface area contributed by atoms with E-state index in [0.29, 0.717) is 12.1 Å². The number of hydrogen-bond donors (Lipinski definition) is 1. The maximum Gasteiger partial charge on any atom is 0.251 e. The predicted octanol–water partition coefficient (Wildman–Crippen LogP) is 2.81. The van der Waals surface area contributed by atoms with E-state index in [1.54, 1.807) is 18.4 Å². The molecule has 0 atom stereocenters. The molecule has 0 aliphatic heterocycles. The molecular weight excluding hydrogens is 317 g/mol. The zero-order valence-electron chi connectivity index (χ0n) is 8.44. The lowest BCUT2D eigenvalue weighted by Gasteiger charge is -2.03. The highest BCUT2D eigenvalue weighted by molar-refractivity contribution is 14.1. The first-order valence-corrected chi connectivity index (χ1v) is 5.90. The molecule has 16 heavy (non-hydrogen) atoms. The first kappa shape index (κ1) is 11.2. The summed E-state index contributed by atoms with van der Waals surface area (Å²) in [5.74, 6) is 0.661. The van der Waals surface area contributed by atoms with Gasteiger partial charge in [-0.05, 0) is 52.9 Å². The summed E-state index contributed by atoms with van der Waals surface area (Å²) in [5.41, 5.74) is 0.665. The second-order valence-electron chi connectivity index (χ2n) is 3.27. The Morgan fingerprint density at radius 3 is 2.88 bits per heavy atom. The lowest BCUT2D eigenvalue weighted by atomic mass is 10.2. The number of carbonyl (C=O) groups excluding carboxylic acids is 1. The third kappa shape index (κ3) is 2.85. The third-order valence-corrected chi connectivity index (χ3v) is 2.76. The van der Waals surface area contributed by atoms with Gasteiger partial charge in [0.15, 0.2) is 0 Å². The van der Waals surface area contributed by atoms with Gasteiger partial charge in [-0.2, -0.15) is 0 Å². The van der Waals surface area contributed by atoms with Gasteiger partial charge in [0.1, 0.15) is 5.76 Å². The van der Waals surface area contributed by atoms with Crippen molar-refractivity contribution in [2.45, 2.75) is 6.54 Å². The Kier molecular flexibility index (Phi) is 3.61. The molecule has 1 amide bonds. The van der Waals surface area contributed by atoms with Gasteiger partial charge in [-0.3, -0.25) is 4.79 Å². The molecule has 2 aromatic rings. The van der Waals surface area contributed by atoms with Crippen LogP contribution in [0.1, 0.15) is 16.1 Å². The quantitative estimate of drug-likeness (QED) is 0.881. The summed E-state index contributed by atoms with van der Waals surface area (Å²) < 4.78 is 6.17. The second-order valence-corrected chi connectivity index (χ2v) is 4.52. The maximum absolute atomic E-state index is 11.7. The van der Waals surface area contributed by atoms with Crippen molar-refractivity contribution < 1.29 is 9.21 Å². The zero-order valence-corrected chi connectivity index (χ0v) is 10.6. The maximum atomic E-state index is 11.7. The molecule has 82 valence electrons. The topological polar surface area (TPSA) is 42.2 Å². The number of furan rings is 1. The molecule has 0 spiro atoms. The molecule has 1 N–H and O–H groups in total. The number of hydrogen-bond acceptors (Lipinski definition) is 2. The third-order valence-electron chi connectivity index (χ3n) is 2.09. The second kappa shape index (κ2) is 5.16. The van der Waals surface area contributed by atoms with Crippen molar-refractivity contribution in [3.63, 3.8) is 0 Å². The summed E-state index contributed by atoms with van der Waals surface area (Å²) in [6.45, 7) is 0.414. The van der Waals surface area contributed by atoms with Crippen LogP contribution in [0.15, 0.2) is 47.1 Å². The van der Waals surface area contributed by atoms with E-state index in [1.165, 1.54) is 0 Å². The Hall–Kier alpha value is -1.30. The average Bonchev–Trinajstić information content (AvgIpc) is 2.78. The van der Waals surface area contributed by atoms with Crippen LogP contribution in [0.5, 0.6) is 0 Å². The van der Waals surface area contributed by atoms with Gasteiger partial charge in [-0.1, -0.05) is 6.07 Å². The first-order chi connectivity index (χ1) is 7.75. The molecule has 0 bridgehead atoms. The van der Waals surface area contributed by atoms with Crippen LogP contribution in [0.2, 0.25) is 0 Å². The first-order valence-electron chi connectivity index (χ1n) is 4.82. The van der Waals surface area contributed by atoms with Gasteiger partial charge in [0.2, 0.25) is 0 Å². The van der Waals surface area contributed by atoms with E-state index in [1.807, 2.05) is 24.3 Å². The molecule has 2 rings (SSSR count). The van der Waals surface area contributed by atoms with Crippen LogP contribution in [-0.2, 0) is 6.54 Å². The van der Waals surface area contributed by atoms with Gasteiger partial charge in [-0.25, -0.2) is 0 Å². The lowest BCUT2D eigenvalue weighted by molar-refractivity contribution is 0.0948. The van der Waals surface area contributed by atoms with Crippen LogP contribution in [0, 0.1) is 3.57 Å². The summed E-state index contributed by atoms with van der Waals surface area (Å²) in [6, 6.07) is 11.1. The standard InChI is InChI=1S/C12H10INO2/c13-10-4-1-3-9(7-10)12(15)14-8-11-5-2-6-16-11/h1-7H,8H2,(H,14,15). The smallest absolute Gasteiger partial charge is 0.251 e. The van der Waals surface area contributed by atoms with Gasteiger partial charge in [0.25, 0.3) is 5.91 Å². The average molecular weight is 327 g/mol. The number of carbonyl (C=O) groups is 1. The van der Waals surface area contributed by atoms with Gasteiger partial charge in [0.05, 0.1) is 12.8 Å². The minimum atomic E-state index is -0.0880. The van der Waals surface area contributed by atoms with Gasteiger partial charge >= 0.3 is 0 Å². The highest BCUT2D eigenvalue weighted by Gasteiger charge is 2.05. The van der Waals surface area contributed by atoms with E-state index >= 15 is 0 Å². The minimum Gasteiger partial charge on any atom is -0.467 e. The molecule has 3 nitrogen and oxygen atoms in total. The van der Waals surface area contributed by atoms with Crippen LogP contribution in [0.4, 0.5) is 0 Å². The summed E-state index contributed by atoms with van der Waals surface area (Å²) in [4.78, 5) is 11.7. The summed E-state index contributed by atoms with van der Waals surface area (Å²) in [7, 11) is 0. The highest BCUT2D eigenvalue weighted by Crippen LogP contribution is 2.08. The normalized spacial score (nSPS) is 10.1. The molecule has 0 fully saturated rings. The highest BCUT2D eigenvalue weighted by atomic mass is 127. The van der Waals surface area contributed by atoms with E-state index in [-0.39, 0.29) is 5.91 Å². The Morgan fingerprint density at radius 2 is 2.19 bits per heavy atom. The van der Waals surface area contributed by atoms with Crippen LogP contribution in [0.3, 0.4) is 0 Å². The van der Waals surface area contributed by atoms with E-state index in [9.17, 15) is 4.79 Å². The molecule has 0 unspecified atom stereocenters. The van der Waals surface area contributed by atoms with Crippen LogP contribution < -0.4 is 5.32 Å². The summed E-state index contributed by atoms with van der Waals surface area (Å²) in [6.07, 6.45) is 1.59. The van der Waals surface area contributed by atoms with E-state index in [2.05, 4.69) is 27.9 Å². The number of rotatable bonds is 3. The number of halogens is 1. The molecule has 1 aromatic carbocycles. The Morgan fingerprint density at radius 1 is 1.31 bits per heavy atom. The van der Waals surface area contributed by atoms with E-state index < -0.39 is 0 Å². The van der Waals surface area contributed by atoms with Crippen molar-refractivity contribution in [1.29, 1.82) is 0 Å². The molecule has 0 saturated carbocycles. The lowest BCUT2D eigenvalue weighted by Crippen LogP contribution is -2.22. The molecule has 0 aliphatic rings. The van der Waals surface area contributed by atoms with Crippen molar-refractivity contribution >= 4 is 28.5 Å². The number of nitrogens with one attached hydrogen (secondary N) is 1. The van der Waals surface area contributed by atoms with Crippen LogP contribution >= 0.6 is 22.6 Å². The van der Waals surface area contributed by atoms with Crippen molar-refractivity contribution in [1.82, 2.24) is 5.32 Å². The SMILES string of the molecule is O=C(NCc1ccco1)c1cccc(I)c1. The fourth-order valence-electron chi connectivity index (χ4n) is 1.31. The monoisotopic (exact) mass is 327 g/mol. The van der Waals surface area contributed by atoms with Crippen molar-refractivity contribution in [3.05, 3.63) is 57.6 Å². The Bertz CT molecular complexity index is 480. The van der Waals surface area contributed by atoms with Crippen molar-refractivity contribution in [3.8, 4) is 0 Å². The van der Waals surface area contributed by atoms with Gasteiger partial charge in [0, 0.05) is 9.13 Å².